The molecule has 0 amide bonds. The quantitative estimate of drug-likeness (QED) is 0.378. The first-order chi connectivity index (χ1) is 18.9. The summed E-state index contributed by atoms with van der Waals surface area (Å²) in [6.45, 7) is 22.1. The van der Waals surface area contributed by atoms with Crippen molar-refractivity contribution in [3.05, 3.63) is 82.2 Å². The van der Waals surface area contributed by atoms with Gasteiger partial charge in [0, 0.05) is 42.6 Å². The third kappa shape index (κ3) is 9.21. The number of benzene rings is 2. The molecule has 0 bridgehead atoms. The summed E-state index contributed by atoms with van der Waals surface area (Å²) in [7, 11) is 3.68. The smallest absolute Gasteiger partial charge is 0.0702 e. The number of para-hydroxylation sites is 2. The maximum atomic E-state index is 5.16. The second-order valence-corrected chi connectivity index (χ2v) is 11.9. The van der Waals surface area contributed by atoms with E-state index < -0.39 is 0 Å². The van der Waals surface area contributed by atoms with Gasteiger partial charge in [-0.1, -0.05) is 77.9 Å². The van der Waals surface area contributed by atoms with Crippen molar-refractivity contribution in [1.82, 2.24) is 5.32 Å². The van der Waals surface area contributed by atoms with Crippen molar-refractivity contribution >= 4 is 22.8 Å². The highest BCUT2D eigenvalue weighted by Gasteiger charge is 2.20. The van der Waals surface area contributed by atoms with E-state index in [1.54, 1.807) is 7.05 Å². The Hall–Kier alpha value is -3.14. The van der Waals surface area contributed by atoms with Gasteiger partial charge in [-0.3, -0.25) is 9.98 Å². The second-order valence-electron chi connectivity index (χ2n) is 11.9. The monoisotopic (exact) mass is 542 g/mol. The molecule has 0 saturated carbocycles. The van der Waals surface area contributed by atoms with Crippen molar-refractivity contribution < 1.29 is 0 Å². The molecule has 2 aromatic carbocycles. The predicted molar refractivity (Wildman–Crippen MR) is 179 cm³/mol. The van der Waals surface area contributed by atoms with Crippen LogP contribution >= 0.6 is 0 Å². The largest absolute Gasteiger partial charge is 0.392 e. The Bertz CT molecular complexity index is 1240. The number of allylic oxidation sites excluding steroid dienone is 4. The third-order valence-corrected chi connectivity index (χ3v) is 7.77. The van der Waals surface area contributed by atoms with E-state index in [1.807, 2.05) is 27.0 Å². The molecule has 4 nitrogen and oxygen atoms in total. The first kappa shape index (κ1) is 33.1. The number of nitrogens with one attached hydrogen (secondary N) is 2. The summed E-state index contributed by atoms with van der Waals surface area (Å²) in [6, 6.07) is 13.5. The SMILES string of the molecule is CC1=Nc2c(C(C)C)cccc2C(C)CCC(C)c2cccc(C(C)C)c2N/C(C)=C\1.CN=C(C)/C=C(/C)NC. The van der Waals surface area contributed by atoms with E-state index in [-0.39, 0.29) is 0 Å². The molecule has 4 heteroatoms. The second kappa shape index (κ2) is 15.6. The van der Waals surface area contributed by atoms with Crippen LogP contribution in [0.25, 0.3) is 0 Å². The first-order valence-corrected chi connectivity index (χ1v) is 14.9. The van der Waals surface area contributed by atoms with Crippen LogP contribution in [0.15, 0.2) is 69.9 Å². The normalized spacial score (nSPS) is 19.9. The maximum Gasteiger partial charge on any atom is 0.0702 e. The summed E-state index contributed by atoms with van der Waals surface area (Å²) in [5, 5.41) is 6.77. The molecule has 0 aromatic heterocycles. The Morgan fingerprint density at radius 1 is 0.925 bits per heavy atom. The van der Waals surface area contributed by atoms with Gasteiger partial charge in [0.05, 0.1) is 5.69 Å². The van der Waals surface area contributed by atoms with Gasteiger partial charge in [-0.2, -0.15) is 0 Å². The molecular weight excluding hydrogens is 488 g/mol. The summed E-state index contributed by atoms with van der Waals surface area (Å²) in [4.78, 5) is 9.14. The zero-order valence-corrected chi connectivity index (χ0v) is 27.2. The molecule has 3 rings (SSSR count). The molecular formula is C36H54N4. The summed E-state index contributed by atoms with van der Waals surface area (Å²) in [6.07, 6.45) is 6.51. The lowest BCUT2D eigenvalue weighted by atomic mass is 9.85. The van der Waals surface area contributed by atoms with E-state index in [4.69, 9.17) is 4.99 Å². The minimum absolute atomic E-state index is 0.453. The van der Waals surface area contributed by atoms with Crippen LogP contribution in [0, 0.1) is 0 Å². The molecule has 2 unspecified atom stereocenters. The Balaban J connectivity index is 0.000000536. The van der Waals surface area contributed by atoms with Crippen LogP contribution in [0.5, 0.6) is 0 Å². The standard InChI is InChI=1S/C29H40N2.C7H14N2/c1-18(2)24-11-9-13-26-20(5)15-16-21(6)27-14-10-12-25(19(3)4)29(27)31-23(8)17-22(7)30-28(24)26;1-6(8-3)5-7(2)9-4/h9-14,17-21,30H,15-16H2,1-8H3;5,8H,1-4H3/b22-17-,31-23?;6-5-,9-7?. The van der Waals surface area contributed by atoms with E-state index >= 15 is 0 Å². The Morgan fingerprint density at radius 2 is 1.48 bits per heavy atom. The predicted octanol–water partition coefficient (Wildman–Crippen LogP) is 10.2. The van der Waals surface area contributed by atoms with Crippen molar-refractivity contribution in [1.29, 1.82) is 0 Å². The maximum absolute atomic E-state index is 5.16. The van der Waals surface area contributed by atoms with E-state index in [0.29, 0.717) is 23.7 Å². The molecule has 1 aliphatic rings. The summed E-state index contributed by atoms with van der Waals surface area (Å²) in [5.41, 5.74) is 12.4. The average molecular weight is 543 g/mol. The molecule has 218 valence electrons. The van der Waals surface area contributed by atoms with E-state index in [1.165, 1.54) is 33.6 Å². The van der Waals surface area contributed by atoms with Gasteiger partial charge in [-0.15, -0.1) is 0 Å². The highest BCUT2D eigenvalue weighted by molar-refractivity contribution is 5.96. The number of aliphatic imine (C=N–C) groups is 2. The van der Waals surface area contributed by atoms with Crippen LogP contribution in [-0.2, 0) is 0 Å². The van der Waals surface area contributed by atoms with Crippen molar-refractivity contribution in [3.63, 3.8) is 0 Å². The summed E-state index contributed by atoms with van der Waals surface area (Å²) < 4.78 is 0. The summed E-state index contributed by atoms with van der Waals surface area (Å²) >= 11 is 0. The van der Waals surface area contributed by atoms with Crippen LogP contribution < -0.4 is 10.6 Å². The van der Waals surface area contributed by atoms with Crippen LogP contribution in [0.3, 0.4) is 0 Å². The molecule has 1 aliphatic heterocycles. The van der Waals surface area contributed by atoms with Gasteiger partial charge < -0.3 is 10.6 Å². The third-order valence-electron chi connectivity index (χ3n) is 7.77. The van der Waals surface area contributed by atoms with Gasteiger partial charge in [0.1, 0.15) is 0 Å². The van der Waals surface area contributed by atoms with Gasteiger partial charge >= 0.3 is 0 Å². The highest BCUT2D eigenvalue weighted by atomic mass is 14.9. The van der Waals surface area contributed by atoms with Crippen LogP contribution in [-0.4, -0.2) is 25.5 Å². The Labute approximate surface area is 245 Å². The molecule has 1 heterocycles. The Kier molecular flexibility index (Phi) is 12.9. The molecule has 0 radical (unpaired) electrons. The van der Waals surface area contributed by atoms with Gasteiger partial charge in [0.25, 0.3) is 0 Å². The molecule has 0 fully saturated rings. The van der Waals surface area contributed by atoms with Crippen molar-refractivity contribution in [2.45, 2.75) is 106 Å². The van der Waals surface area contributed by atoms with Crippen molar-refractivity contribution in [2.24, 2.45) is 9.98 Å². The van der Waals surface area contributed by atoms with E-state index in [2.05, 4.69) is 113 Å². The number of hydrogen-bond acceptors (Lipinski definition) is 4. The lowest BCUT2D eigenvalue weighted by Crippen LogP contribution is -2.08. The van der Waals surface area contributed by atoms with Crippen molar-refractivity contribution in [3.8, 4) is 0 Å². The van der Waals surface area contributed by atoms with Crippen LogP contribution in [0.2, 0.25) is 0 Å². The zero-order valence-electron chi connectivity index (χ0n) is 27.2. The van der Waals surface area contributed by atoms with Gasteiger partial charge in [0.15, 0.2) is 0 Å². The number of fused-ring (bicyclic) bond motifs is 2. The van der Waals surface area contributed by atoms with Gasteiger partial charge in [-0.05, 0) is 98.6 Å². The fourth-order valence-corrected chi connectivity index (χ4v) is 5.21. The van der Waals surface area contributed by atoms with Gasteiger partial charge in [0.2, 0.25) is 0 Å². The minimum Gasteiger partial charge on any atom is -0.392 e. The van der Waals surface area contributed by atoms with E-state index in [0.717, 1.165) is 35.7 Å². The molecule has 2 N–H and O–H groups in total. The minimum atomic E-state index is 0.453. The summed E-state index contributed by atoms with van der Waals surface area (Å²) in [5.74, 6) is 1.90. The Morgan fingerprint density at radius 3 is 2.02 bits per heavy atom. The molecule has 2 aromatic rings. The van der Waals surface area contributed by atoms with Crippen LogP contribution in [0.4, 0.5) is 11.4 Å². The lowest BCUT2D eigenvalue weighted by Gasteiger charge is -2.24. The zero-order chi connectivity index (χ0) is 30.0. The molecule has 0 saturated heterocycles. The average Bonchev–Trinajstić information content (AvgIpc) is 2.91. The molecule has 0 spiro atoms. The molecule has 2 atom stereocenters. The number of nitrogens with zero attached hydrogens (tertiary/aromatic N) is 2. The lowest BCUT2D eigenvalue weighted by molar-refractivity contribution is 0.574. The number of anilines is 1. The fraction of sp³-hybridized carbons (Fsp3) is 0.500. The van der Waals surface area contributed by atoms with Gasteiger partial charge in [-0.25, -0.2) is 0 Å². The first-order valence-electron chi connectivity index (χ1n) is 14.9. The highest BCUT2D eigenvalue weighted by Crippen LogP contribution is 2.40. The molecule has 40 heavy (non-hydrogen) atoms. The number of rotatable bonds is 4. The fourth-order valence-electron chi connectivity index (χ4n) is 5.21. The van der Waals surface area contributed by atoms with E-state index in [9.17, 15) is 0 Å². The van der Waals surface area contributed by atoms with Crippen molar-refractivity contribution in [2.75, 3.05) is 19.4 Å². The number of hydrogen-bond donors (Lipinski definition) is 2. The molecule has 0 aliphatic carbocycles. The van der Waals surface area contributed by atoms with Crippen LogP contribution in [0.1, 0.15) is 128 Å². The topological polar surface area (TPSA) is 48.8 Å².